The number of hydrogen-bond acceptors (Lipinski definition) is 2. The van der Waals surface area contributed by atoms with Gasteiger partial charge in [0, 0.05) is 12.1 Å². The molecule has 0 aliphatic rings. The van der Waals surface area contributed by atoms with Crippen molar-refractivity contribution in [3.63, 3.8) is 0 Å². The molecule has 1 aromatic heterocycles. The van der Waals surface area contributed by atoms with Crippen LogP contribution in [0.5, 0.6) is 0 Å². The van der Waals surface area contributed by atoms with Crippen LogP contribution in [0, 0.1) is 5.92 Å². The van der Waals surface area contributed by atoms with Crippen LogP contribution in [0.25, 0.3) is 0 Å². The zero-order valence-electron chi connectivity index (χ0n) is 8.55. The summed E-state index contributed by atoms with van der Waals surface area (Å²) in [6, 6.07) is 2.00. The van der Waals surface area contributed by atoms with Crippen LogP contribution in [-0.4, -0.2) is 6.54 Å². The van der Waals surface area contributed by atoms with Gasteiger partial charge in [0.25, 0.3) is 0 Å². The van der Waals surface area contributed by atoms with Crippen LogP contribution < -0.4 is 5.32 Å². The Morgan fingerprint density at radius 1 is 1.38 bits per heavy atom. The van der Waals surface area contributed by atoms with Gasteiger partial charge in [0.15, 0.2) is 0 Å². The van der Waals surface area contributed by atoms with E-state index in [1.165, 1.54) is 18.4 Å². The molecule has 0 amide bonds. The van der Waals surface area contributed by atoms with Crippen LogP contribution in [0.4, 0.5) is 0 Å². The number of furan rings is 1. The third kappa shape index (κ3) is 3.64. The first kappa shape index (κ1) is 10.3. The molecular weight excluding hydrogens is 162 g/mol. The summed E-state index contributed by atoms with van der Waals surface area (Å²) in [4.78, 5) is 0. The van der Waals surface area contributed by atoms with Crippen molar-refractivity contribution in [3.05, 3.63) is 24.2 Å². The maximum Gasteiger partial charge on any atom is 0.0947 e. The van der Waals surface area contributed by atoms with Crippen molar-refractivity contribution in [2.45, 2.75) is 33.2 Å². The molecule has 0 spiro atoms. The Morgan fingerprint density at radius 3 is 2.69 bits per heavy atom. The molecule has 0 aliphatic heterocycles. The molecule has 2 nitrogen and oxygen atoms in total. The summed E-state index contributed by atoms with van der Waals surface area (Å²) in [5, 5.41) is 3.43. The number of nitrogens with one attached hydrogen (secondary N) is 1. The second kappa shape index (κ2) is 5.81. The van der Waals surface area contributed by atoms with Crippen molar-refractivity contribution in [2.75, 3.05) is 6.54 Å². The third-order valence-electron chi connectivity index (χ3n) is 2.50. The van der Waals surface area contributed by atoms with Gasteiger partial charge in [0.05, 0.1) is 12.5 Å². The summed E-state index contributed by atoms with van der Waals surface area (Å²) in [5.41, 5.74) is 1.23. The van der Waals surface area contributed by atoms with E-state index in [0.717, 1.165) is 19.0 Å². The smallest absolute Gasteiger partial charge is 0.0947 e. The van der Waals surface area contributed by atoms with Gasteiger partial charge in [0.2, 0.25) is 0 Å². The number of rotatable bonds is 6. The van der Waals surface area contributed by atoms with Gasteiger partial charge in [-0.3, -0.25) is 0 Å². The monoisotopic (exact) mass is 181 g/mol. The van der Waals surface area contributed by atoms with Gasteiger partial charge in [-0.25, -0.2) is 0 Å². The first-order valence-corrected chi connectivity index (χ1v) is 5.08. The Hall–Kier alpha value is -0.760. The molecule has 0 saturated carbocycles. The lowest BCUT2D eigenvalue weighted by atomic mass is 10.0. The van der Waals surface area contributed by atoms with Crippen molar-refractivity contribution in [3.8, 4) is 0 Å². The minimum absolute atomic E-state index is 0.812. The van der Waals surface area contributed by atoms with Crippen LogP contribution in [0.3, 0.4) is 0 Å². The Morgan fingerprint density at radius 2 is 2.15 bits per heavy atom. The minimum atomic E-state index is 0.812. The van der Waals surface area contributed by atoms with E-state index in [1.807, 2.05) is 6.07 Å². The fourth-order valence-electron chi connectivity index (χ4n) is 1.39. The first-order valence-electron chi connectivity index (χ1n) is 5.08. The summed E-state index contributed by atoms with van der Waals surface area (Å²) < 4.78 is 4.98. The summed E-state index contributed by atoms with van der Waals surface area (Å²) in [5.74, 6) is 0.812. The summed E-state index contributed by atoms with van der Waals surface area (Å²) in [6.07, 6.45) is 6.03. The predicted octanol–water partition coefficient (Wildman–Crippen LogP) is 2.81. The summed E-state index contributed by atoms with van der Waals surface area (Å²) >= 11 is 0. The standard InChI is InChI=1S/C11H19NO/c1-3-10(4-2)7-12-8-11-5-6-13-9-11/h5-6,9-10,12H,3-4,7-8H2,1-2H3. The van der Waals surface area contributed by atoms with Gasteiger partial charge < -0.3 is 9.73 Å². The maximum absolute atomic E-state index is 4.98. The Kier molecular flexibility index (Phi) is 4.61. The predicted molar refractivity (Wildman–Crippen MR) is 54.5 cm³/mol. The molecule has 0 aliphatic carbocycles. The largest absolute Gasteiger partial charge is 0.472 e. The Bertz CT molecular complexity index is 202. The van der Waals surface area contributed by atoms with Gasteiger partial charge >= 0.3 is 0 Å². The Labute approximate surface area is 80.3 Å². The van der Waals surface area contributed by atoms with Gasteiger partial charge in [-0.05, 0) is 18.5 Å². The van der Waals surface area contributed by atoms with Crippen LogP contribution in [0.1, 0.15) is 32.3 Å². The zero-order valence-corrected chi connectivity index (χ0v) is 8.55. The van der Waals surface area contributed by atoms with E-state index >= 15 is 0 Å². The fourth-order valence-corrected chi connectivity index (χ4v) is 1.39. The summed E-state index contributed by atoms with van der Waals surface area (Å²) in [7, 11) is 0. The highest BCUT2D eigenvalue weighted by atomic mass is 16.3. The van der Waals surface area contributed by atoms with E-state index in [2.05, 4.69) is 19.2 Å². The van der Waals surface area contributed by atoms with E-state index in [1.54, 1.807) is 12.5 Å². The van der Waals surface area contributed by atoms with E-state index in [9.17, 15) is 0 Å². The Balaban J connectivity index is 2.13. The minimum Gasteiger partial charge on any atom is -0.472 e. The SMILES string of the molecule is CCC(CC)CNCc1ccoc1. The molecule has 74 valence electrons. The van der Waals surface area contributed by atoms with Crippen LogP contribution in [-0.2, 0) is 6.54 Å². The van der Waals surface area contributed by atoms with Crippen molar-refractivity contribution >= 4 is 0 Å². The quantitative estimate of drug-likeness (QED) is 0.730. The molecule has 1 heterocycles. The molecule has 0 fully saturated rings. The highest BCUT2D eigenvalue weighted by Gasteiger charge is 2.02. The van der Waals surface area contributed by atoms with Crippen molar-refractivity contribution in [2.24, 2.45) is 5.92 Å². The number of hydrogen-bond donors (Lipinski definition) is 1. The zero-order chi connectivity index (χ0) is 9.52. The van der Waals surface area contributed by atoms with Crippen molar-refractivity contribution in [1.29, 1.82) is 0 Å². The van der Waals surface area contributed by atoms with Gasteiger partial charge in [-0.15, -0.1) is 0 Å². The molecule has 0 aromatic carbocycles. The van der Waals surface area contributed by atoms with Crippen molar-refractivity contribution in [1.82, 2.24) is 5.32 Å². The van der Waals surface area contributed by atoms with E-state index in [4.69, 9.17) is 4.42 Å². The lowest BCUT2D eigenvalue weighted by molar-refractivity contribution is 0.448. The lowest BCUT2D eigenvalue weighted by Gasteiger charge is -2.12. The van der Waals surface area contributed by atoms with E-state index in [0.29, 0.717) is 0 Å². The average molecular weight is 181 g/mol. The lowest BCUT2D eigenvalue weighted by Crippen LogP contribution is -2.21. The second-order valence-electron chi connectivity index (χ2n) is 3.45. The third-order valence-corrected chi connectivity index (χ3v) is 2.50. The molecule has 1 N–H and O–H groups in total. The fraction of sp³-hybridized carbons (Fsp3) is 0.636. The molecule has 2 heteroatoms. The molecule has 1 aromatic rings. The molecule has 0 radical (unpaired) electrons. The molecule has 13 heavy (non-hydrogen) atoms. The van der Waals surface area contributed by atoms with Gasteiger partial charge in [0.1, 0.15) is 0 Å². The summed E-state index contributed by atoms with van der Waals surface area (Å²) in [6.45, 7) is 6.52. The van der Waals surface area contributed by atoms with Crippen LogP contribution >= 0.6 is 0 Å². The van der Waals surface area contributed by atoms with E-state index in [-0.39, 0.29) is 0 Å². The highest BCUT2D eigenvalue weighted by molar-refractivity contribution is 5.04. The molecular formula is C11H19NO. The van der Waals surface area contributed by atoms with Gasteiger partial charge in [-0.2, -0.15) is 0 Å². The second-order valence-corrected chi connectivity index (χ2v) is 3.45. The van der Waals surface area contributed by atoms with Crippen LogP contribution in [0.15, 0.2) is 23.0 Å². The molecule has 0 unspecified atom stereocenters. The van der Waals surface area contributed by atoms with E-state index < -0.39 is 0 Å². The average Bonchev–Trinajstić information content (AvgIpc) is 2.65. The molecule has 0 saturated heterocycles. The highest BCUT2D eigenvalue weighted by Crippen LogP contribution is 2.06. The topological polar surface area (TPSA) is 25.2 Å². The molecule has 0 bridgehead atoms. The van der Waals surface area contributed by atoms with Crippen LogP contribution in [0.2, 0.25) is 0 Å². The van der Waals surface area contributed by atoms with Gasteiger partial charge in [-0.1, -0.05) is 26.7 Å². The maximum atomic E-state index is 4.98. The first-order chi connectivity index (χ1) is 6.36. The molecule has 1 rings (SSSR count). The normalized spacial score (nSPS) is 11.0. The van der Waals surface area contributed by atoms with Crippen molar-refractivity contribution < 1.29 is 4.42 Å². The molecule has 0 atom stereocenters.